The Morgan fingerprint density at radius 3 is 2.16 bits per heavy atom. The second-order valence-electron chi connectivity index (χ2n) is 5.82. The van der Waals surface area contributed by atoms with Gasteiger partial charge in [0.05, 0.1) is 11.2 Å². The Morgan fingerprint density at radius 2 is 1.40 bits per heavy atom. The molecule has 3 heteroatoms. The topological polar surface area (TPSA) is 22.1 Å². The van der Waals surface area contributed by atoms with Crippen molar-refractivity contribution >= 4 is 10.9 Å². The smallest absolute Gasteiger partial charge is 0.130 e. The minimum Gasteiger partial charge on any atom is -0.487 e. The molecule has 0 bridgehead atoms. The zero-order chi connectivity index (χ0) is 17.1. The molecule has 0 aliphatic heterocycles. The lowest BCUT2D eigenvalue weighted by Crippen LogP contribution is -1.98. The number of pyridine rings is 1. The average molecular weight is 329 g/mol. The second-order valence-corrected chi connectivity index (χ2v) is 5.82. The van der Waals surface area contributed by atoms with Crippen LogP contribution in [0.2, 0.25) is 0 Å². The highest BCUT2D eigenvalue weighted by molar-refractivity contribution is 5.78. The third-order valence-corrected chi connectivity index (χ3v) is 4.07. The van der Waals surface area contributed by atoms with Crippen molar-refractivity contribution in [1.82, 2.24) is 4.98 Å². The molecule has 0 amide bonds. The Balaban J connectivity index is 1.46. The minimum atomic E-state index is -0.230. The molecule has 0 atom stereocenters. The molecule has 0 unspecified atom stereocenters. The fourth-order valence-electron chi connectivity index (χ4n) is 2.73. The van der Waals surface area contributed by atoms with Gasteiger partial charge in [-0.15, -0.1) is 0 Å². The quantitative estimate of drug-likeness (QED) is 0.485. The molecule has 2 nitrogen and oxygen atoms in total. The van der Waals surface area contributed by atoms with E-state index in [1.165, 1.54) is 12.1 Å². The summed E-state index contributed by atoms with van der Waals surface area (Å²) in [5.74, 6) is 0.549. The highest BCUT2D eigenvalue weighted by Gasteiger charge is 2.02. The van der Waals surface area contributed by atoms with Gasteiger partial charge in [0, 0.05) is 5.39 Å². The van der Waals surface area contributed by atoms with Gasteiger partial charge in [-0.2, -0.15) is 0 Å². The number of benzene rings is 3. The first kappa shape index (κ1) is 15.3. The molecule has 0 radical (unpaired) electrons. The molecule has 0 fully saturated rings. The van der Waals surface area contributed by atoms with Crippen LogP contribution in [0.25, 0.3) is 22.0 Å². The van der Waals surface area contributed by atoms with Gasteiger partial charge in [-0.05, 0) is 47.5 Å². The third kappa shape index (κ3) is 3.50. The van der Waals surface area contributed by atoms with E-state index in [0.717, 1.165) is 33.5 Å². The summed E-state index contributed by atoms with van der Waals surface area (Å²) in [6, 6.07) is 26.3. The molecule has 1 heterocycles. The van der Waals surface area contributed by atoms with E-state index in [0.29, 0.717) is 6.61 Å². The Bertz CT molecular complexity index is 994. The summed E-state index contributed by atoms with van der Waals surface area (Å²) in [6.07, 6.45) is 0. The maximum atomic E-state index is 13.0. The standard InChI is InChI=1S/C22H16FNO/c23-19-10-5-16(6-11-19)17-8-13-21(14-9-17)25-15-20-12-7-18-3-1-2-4-22(18)24-20/h1-14H,15H2. The largest absolute Gasteiger partial charge is 0.487 e. The number of halogens is 1. The molecule has 0 N–H and O–H groups in total. The molecule has 0 saturated heterocycles. The number of hydrogen-bond donors (Lipinski definition) is 0. The van der Waals surface area contributed by atoms with Gasteiger partial charge in [0.1, 0.15) is 18.2 Å². The monoisotopic (exact) mass is 329 g/mol. The first-order chi connectivity index (χ1) is 12.3. The number of rotatable bonds is 4. The number of aromatic nitrogens is 1. The Morgan fingerprint density at radius 1 is 0.720 bits per heavy atom. The Labute approximate surface area is 145 Å². The van der Waals surface area contributed by atoms with Crippen molar-refractivity contribution in [3.8, 4) is 16.9 Å². The second kappa shape index (κ2) is 6.73. The molecule has 4 rings (SSSR count). The van der Waals surface area contributed by atoms with Gasteiger partial charge >= 0.3 is 0 Å². The van der Waals surface area contributed by atoms with E-state index in [2.05, 4.69) is 11.1 Å². The molecule has 4 aromatic rings. The SMILES string of the molecule is Fc1ccc(-c2ccc(OCc3ccc4ccccc4n3)cc2)cc1. The number of hydrogen-bond acceptors (Lipinski definition) is 2. The van der Waals surface area contributed by atoms with E-state index < -0.39 is 0 Å². The lowest BCUT2D eigenvalue weighted by molar-refractivity contribution is 0.302. The van der Waals surface area contributed by atoms with Crippen molar-refractivity contribution in [2.45, 2.75) is 6.61 Å². The summed E-state index contributed by atoms with van der Waals surface area (Å²) in [6.45, 7) is 0.417. The van der Waals surface area contributed by atoms with Crippen LogP contribution < -0.4 is 4.74 Å². The lowest BCUT2D eigenvalue weighted by Gasteiger charge is -2.08. The zero-order valence-corrected chi connectivity index (χ0v) is 13.5. The summed E-state index contributed by atoms with van der Waals surface area (Å²) in [5.41, 5.74) is 3.86. The van der Waals surface area contributed by atoms with Gasteiger partial charge < -0.3 is 4.74 Å². The molecule has 0 saturated carbocycles. The molecule has 3 aromatic carbocycles. The number of ether oxygens (including phenoxy) is 1. The summed E-state index contributed by atoms with van der Waals surface area (Å²) in [5, 5.41) is 1.12. The molecule has 0 spiro atoms. The average Bonchev–Trinajstić information content (AvgIpc) is 2.67. The van der Waals surface area contributed by atoms with Gasteiger partial charge in [-0.1, -0.05) is 48.5 Å². The van der Waals surface area contributed by atoms with Crippen LogP contribution in [-0.4, -0.2) is 4.98 Å². The van der Waals surface area contributed by atoms with E-state index >= 15 is 0 Å². The van der Waals surface area contributed by atoms with Crippen molar-refractivity contribution in [3.63, 3.8) is 0 Å². The summed E-state index contributed by atoms with van der Waals surface area (Å²) < 4.78 is 18.8. The number of nitrogens with zero attached hydrogens (tertiary/aromatic N) is 1. The van der Waals surface area contributed by atoms with Crippen LogP contribution in [0.4, 0.5) is 4.39 Å². The van der Waals surface area contributed by atoms with E-state index in [9.17, 15) is 4.39 Å². The molecule has 0 aliphatic carbocycles. The van der Waals surface area contributed by atoms with Crippen molar-refractivity contribution in [3.05, 3.63) is 96.4 Å². The Hall–Kier alpha value is -3.20. The van der Waals surface area contributed by atoms with Crippen molar-refractivity contribution in [2.24, 2.45) is 0 Å². The third-order valence-electron chi connectivity index (χ3n) is 4.07. The van der Waals surface area contributed by atoms with E-state index in [4.69, 9.17) is 4.74 Å². The van der Waals surface area contributed by atoms with Crippen LogP contribution in [0.15, 0.2) is 84.9 Å². The maximum Gasteiger partial charge on any atom is 0.130 e. The molecule has 25 heavy (non-hydrogen) atoms. The summed E-state index contributed by atoms with van der Waals surface area (Å²) >= 11 is 0. The zero-order valence-electron chi connectivity index (χ0n) is 13.5. The van der Waals surface area contributed by atoms with Crippen LogP contribution in [0, 0.1) is 5.82 Å². The van der Waals surface area contributed by atoms with Crippen molar-refractivity contribution < 1.29 is 9.13 Å². The Kier molecular flexibility index (Phi) is 4.13. The highest BCUT2D eigenvalue weighted by Crippen LogP contribution is 2.23. The summed E-state index contributed by atoms with van der Waals surface area (Å²) in [4.78, 5) is 4.60. The molecular formula is C22H16FNO. The maximum absolute atomic E-state index is 13.0. The van der Waals surface area contributed by atoms with E-state index in [-0.39, 0.29) is 5.82 Å². The van der Waals surface area contributed by atoms with Gasteiger partial charge in [-0.3, -0.25) is 0 Å². The van der Waals surface area contributed by atoms with Gasteiger partial charge in [0.15, 0.2) is 0 Å². The molecule has 0 aliphatic rings. The highest BCUT2D eigenvalue weighted by atomic mass is 19.1. The fourth-order valence-corrected chi connectivity index (χ4v) is 2.73. The number of para-hydroxylation sites is 1. The van der Waals surface area contributed by atoms with E-state index in [1.807, 2.05) is 54.6 Å². The normalized spacial score (nSPS) is 10.8. The van der Waals surface area contributed by atoms with Crippen LogP contribution in [0.3, 0.4) is 0 Å². The van der Waals surface area contributed by atoms with Crippen LogP contribution >= 0.6 is 0 Å². The van der Waals surface area contributed by atoms with Gasteiger partial charge in [-0.25, -0.2) is 9.37 Å². The predicted molar refractivity (Wildman–Crippen MR) is 97.9 cm³/mol. The van der Waals surface area contributed by atoms with Gasteiger partial charge in [0.25, 0.3) is 0 Å². The van der Waals surface area contributed by atoms with Crippen molar-refractivity contribution in [1.29, 1.82) is 0 Å². The van der Waals surface area contributed by atoms with Crippen molar-refractivity contribution in [2.75, 3.05) is 0 Å². The first-order valence-corrected chi connectivity index (χ1v) is 8.11. The minimum absolute atomic E-state index is 0.230. The van der Waals surface area contributed by atoms with E-state index in [1.54, 1.807) is 12.1 Å². The molecule has 122 valence electrons. The number of fused-ring (bicyclic) bond motifs is 1. The fraction of sp³-hybridized carbons (Fsp3) is 0.0455. The lowest BCUT2D eigenvalue weighted by atomic mass is 10.1. The van der Waals surface area contributed by atoms with Crippen LogP contribution in [0.1, 0.15) is 5.69 Å². The molecular weight excluding hydrogens is 313 g/mol. The summed E-state index contributed by atoms with van der Waals surface area (Å²) in [7, 11) is 0. The van der Waals surface area contributed by atoms with Crippen LogP contribution in [0.5, 0.6) is 5.75 Å². The predicted octanol–water partition coefficient (Wildman–Crippen LogP) is 5.62. The van der Waals surface area contributed by atoms with Gasteiger partial charge in [0.2, 0.25) is 0 Å². The molecule has 1 aromatic heterocycles. The van der Waals surface area contributed by atoms with Crippen LogP contribution in [-0.2, 0) is 6.61 Å². The first-order valence-electron chi connectivity index (χ1n) is 8.11.